The molecule has 0 unspecified atom stereocenters. The first-order valence-corrected chi connectivity index (χ1v) is 11.7. The summed E-state index contributed by atoms with van der Waals surface area (Å²) in [5, 5.41) is 6.02. The first-order chi connectivity index (χ1) is 16.1. The van der Waals surface area contributed by atoms with Gasteiger partial charge in [-0.1, -0.05) is 67.6 Å². The van der Waals surface area contributed by atoms with Gasteiger partial charge in [-0.25, -0.2) is 4.79 Å². The fourth-order valence-electron chi connectivity index (χ4n) is 4.21. The summed E-state index contributed by atoms with van der Waals surface area (Å²) < 4.78 is 0. The van der Waals surface area contributed by atoms with Gasteiger partial charge in [-0.05, 0) is 60.1 Å². The van der Waals surface area contributed by atoms with Crippen molar-refractivity contribution in [2.24, 2.45) is 0 Å². The van der Waals surface area contributed by atoms with Gasteiger partial charge in [0.2, 0.25) is 5.91 Å². The van der Waals surface area contributed by atoms with Crippen LogP contribution in [0.2, 0.25) is 0 Å². The summed E-state index contributed by atoms with van der Waals surface area (Å²) in [6.45, 7) is 3.42. The highest BCUT2D eigenvalue weighted by molar-refractivity contribution is 6.02. The van der Waals surface area contributed by atoms with Crippen molar-refractivity contribution in [2.75, 3.05) is 23.3 Å². The minimum atomic E-state index is -0.121. The molecule has 2 N–H and O–H groups in total. The Morgan fingerprint density at radius 1 is 0.909 bits per heavy atom. The number of hydrogen-bond acceptors (Lipinski definition) is 2. The highest BCUT2D eigenvalue weighted by Crippen LogP contribution is 2.26. The van der Waals surface area contributed by atoms with Gasteiger partial charge in [-0.3, -0.25) is 9.69 Å². The second kappa shape index (κ2) is 10.8. The van der Waals surface area contributed by atoms with Crippen molar-refractivity contribution in [1.29, 1.82) is 0 Å². The summed E-state index contributed by atoms with van der Waals surface area (Å²) >= 11 is 0. The molecule has 0 bridgehead atoms. The number of amides is 3. The van der Waals surface area contributed by atoms with Crippen molar-refractivity contribution in [1.82, 2.24) is 5.32 Å². The molecule has 0 aromatic heterocycles. The largest absolute Gasteiger partial charge is 0.355 e. The Kier molecular flexibility index (Phi) is 7.40. The molecular formula is C28H31N3O2. The van der Waals surface area contributed by atoms with Gasteiger partial charge >= 0.3 is 6.03 Å². The molecule has 0 saturated heterocycles. The average Bonchev–Trinajstić information content (AvgIpc) is 3.07. The van der Waals surface area contributed by atoms with Crippen LogP contribution in [-0.2, 0) is 17.6 Å². The summed E-state index contributed by atoms with van der Waals surface area (Å²) in [7, 11) is 0. The van der Waals surface area contributed by atoms with E-state index in [2.05, 4.69) is 35.8 Å². The third-order valence-corrected chi connectivity index (χ3v) is 6.15. The second-order valence-corrected chi connectivity index (χ2v) is 8.66. The smallest absolute Gasteiger partial charge is 0.326 e. The number of nitrogens with one attached hydrogen (secondary N) is 2. The molecular weight excluding hydrogens is 410 g/mol. The van der Waals surface area contributed by atoms with Crippen molar-refractivity contribution < 1.29 is 9.59 Å². The molecule has 0 saturated carbocycles. The van der Waals surface area contributed by atoms with Gasteiger partial charge in [-0.2, -0.15) is 0 Å². The van der Waals surface area contributed by atoms with Gasteiger partial charge in [0.1, 0.15) is 0 Å². The van der Waals surface area contributed by atoms with E-state index in [1.54, 1.807) is 0 Å². The Morgan fingerprint density at radius 2 is 1.64 bits per heavy atom. The molecule has 5 nitrogen and oxygen atoms in total. The molecule has 0 spiro atoms. The van der Waals surface area contributed by atoms with Crippen LogP contribution in [0.25, 0.3) is 0 Å². The van der Waals surface area contributed by atoms with Crippen molar-refractivity contribution >= 4 is 23.3 Å². The Labute approximate surface area is 195 Å². The van der Waals surface area contributed by atoms with Crippen LogP contribution < -0.4 is 15.5 Å². The highest BCUT2D eigenvalue weighted by Gasteiger charge is 2.21. The van der Waals surface area contributed by atoms with Gasteiger partial charge in [-0.15, -0.1) is 0 Å². The lowest BCUT2D eigenvalue weighted by molar-refractivity contribution is -0.120. The monoisotopic (exact) mass is 441 g/mol. The number of benzene rings is 3. The number of hydrogen-bond donors (Lipinski definition) is 2. The minimum Gasteiger partial charge on any atom is -0.355 e. The molecule has 170 valence electrons. The van der Waals surface area contributed by atoms with Gasteiger partial charge in [0.05, 0.1) is 6.42 Å². The van der Waals surface area contributed by atoms with Crippen LogP contribution in [0.1, 0.15) is 42.4 Å². The summed E-state index contributed by atoms with van der Waals surface area (Å²) in [5.74, 6) is 0.257. The highest BCUT2D eigenvalue weighted by atomic mass is 16.2. The molecule has 1 aliphatic heterocycles. The maximum absolute atomic E-state index is 13.0. The molecule has 0 aliphatic carbocycles. The Balaban J connectivity index is 1.30. The molecule has 33 heavy (non-hydrogen) atoms. The van der Waals surface area contributed by atoms with Gasteiger partial charge in [0.15, 0.2) is 0 Å². The first-order valence-electron chi connectivity index (χ1n) is 11.7. The van der Waals surface area contributed by atoms with Crippen LogP contribution in [0, 0.1) is 0 Å². The van der Waals surface area contributed by atoms with Crippen LogP contribution in [0.4, 0.5) is 16.2 Å². The number of fused-ring (bicyclic) bond motifs is 1. The van der Waals surface area contributed by atoms with Crippen LogP contribution in [0.3, 0.4) is 0 Å². The van der Waals surface area contributed by atoms with E-state index >= 15 is 0 Å². The zero-order chi connectivity index (χ0) is 23.0. The summed E-state index contributed by atoms with van der Waals surface area (Å²) in [6, 6.07) is 25.7. The zero-order valence-corrected chi connectivity index (χ0v) is 19.1. The summed E-state index contributed by atoms with van der Waals surface area (Å²) in [5.41, 5.74) is 5.06. The lowest BCUT2D eigenvalue weighted by atomic mass is 10.0. The van der Waals surface area contributed by atoms with E-state index in [0.717, 1.165) is 36.2 Å². The van der Waals surface area contributed by atoms with E-state index < -0.39 is 0 Å². The van der Waals surface area contributed by atoms with Crippen LogP contribution in [-0.4, -0.2) is 25.0 Å². The second-order valence-electron chi connectivity index (χ2n) is 8.66. The predicted octanol–water partition coefficient (Wildman–Crippen LogP) is 5.52. The Hall–Kier alpha value is -3.60. The third kappa shape index (κ3) is 6.01. The van der Waals surface area contributed by atoms with Crippen molar-refractivity contribution in [3.63, 3.8) is 0 Å². The molecule has 4 rings (SSSR count). The SMILES string of the molecule is C[C@@H](CNC(=O)Cc1ccc(NC(=O)N2CCCCc3ccccc32)cc1)c1ccccc1. The molecule has 1 heterocycles. The minimum absolute atomic E-state index is 0.00394. The quantitative estimate of drug-likeness (QED) is 0.529. The Morgan fingerprint density at radius 3 is 2.42 bits per heavy atom. The number of nitrogens with zero attached hydrogens (tertiary/aromatic N) is 1. The molecule has 3 aromatic rings. The van der Waals surface area contributed by atoms with E-state index in [0.29, 0.717) is 19.5 Å². The standard InChI is InChI=1S/C28H31N3O2/c1-21(23-9-3-2-4-10-23)20-29-27(32)19-22-14-16-25(17-15-22)30-28(33)31-18-8-7-12-24-11-5-6-13-26(24)31/h2-6,9-11,13-17,21H,7-8,12,18-20H2,1H3,(H,29,32)(H,30,33)/t21-/m0/s1. The van der Waals surface area contributed by atoms with E-state index in [1.165, 1.54) is 11.1 Å². The number of carbonyl (C=O) groups excluding carboxylic acids is 2. The van der Waals surface area contributed by atoms with E-state index in [9.17, 15) is 9.59 Å². The molecule has 5 heteroatoms. The normalized spacial score (nSPS) is 14.0. The van der Waals surface area contributed by atoms with Crippen LogP contribution in [0.15, 0.2) is 78.9 Å². The van der Waals surface area contributed by atoms with Crippen molar-refractivity contribution in [2.45, 2.75) is 38.5 Å². The van der Waals surface area contributed by atoms with Gasteiger partial charge in [0, 0.05) is 24.5 Å². The van der Waals surface area contributed by atoms with Crippen molar-refractivity contribution in [3.05, 3.63) is 95.6 Å². The molecule has 3 amide bonds. The topological polar surface area (TPSA) is 61.4 Å². The molecule has 0 radical (unpaired) electrons. The number of para-hydroxylation sites is 1. The molecule has 3 aromatic carbocycles. The van der Waals surface area contributed by atoms with E-state index in [4.69, 9.17) is 0 Å². The van der Waals surface area contributed by atoms with Crippen LogP contribution in [0.5, 0.6) is 0 Å². The number of rotatable bonds is 6. The fraction of sp³-hybridized carbons (Fsp3) is 0.286. The molecule has 0 fully saturated rings. The number of urea groups is 1. The van der Waals surface area contributed by atoms with Crippen LogP contribution >= 0.6 is 0 Å². The fourth-order valence-corrected chi connectivity index (χ4v) is 4.21. The van der Waals surface area contributed by atoms with E-state index in [-0.39, 0.29) is 17.9 Å². The first kappa shape index (κ1) is 22.6. The summed E-state index contributed by atoms with van der Waals surface area (Å²) in [4.78, 5) is 27.2. The summed E-state index contributed by atoms with van der Waals surface area (Å²) in [6.07, 6.45) is 3.39. The van der Waals surface area contributed by atoms with E-state index in [1.807, 2.05) is 65.6 Å². The van der Waals surface area contributed by atoms with Gasteiger partial charge in [0.25, 0.3) is 0 Å². The molecule has 1 atom stereocenters. The lowest BCUT2D eigenvalue weighted by Gasteiger charge is -2.23. The average molecular weight is 442 g/mol. The van der Waals surface area contributed by atoms with Gasteiger partial charge < -0.3 is 10.6 Å². The van der Waals surface area contributed by atoms with Crippen molar-refractivity contribution in [3.8, 4) is 0 Å². The number of carbonyl (C=O) groups is 2. The molecule has 1 aliphatic rings. The lowest BCUT2D eigenvalue weighted by Crippen LogP contribution is -2.35. The zero-order valence-electron chi connectivity index (χ0n) is 19.1. The third-order valence-electron chi connectivity index (χ3n) is 6.15. The number of aryl methyl sites for hydroxylation is 1. The maximum atomic E-state index is 13.0. The maximum Gasteiger partial charge on any atom is 0.326 e. The Bertz CT molecular complexity index is 1080. The predicted molar refractivity (Wildman–Crippen MR) is 134 cm³/mol. The number of anilines is 2.